The number of carbonyl (C=O) groups is 1. The number of carboxylic acid groups (broad SMARTS) is 1. The highest BCUT2D eigenvalue weighted by molar-refractivity contribution is 5.78. The van der Waals surface area contributed by atoms with Gasteiger partial charge in [-0.2, -0.15) is 0 Å². The highest BCUT2D eigenvalue weighted by atomic mass is 16.5. The molecule has 0 radical (unpaired) electrons. The van der Waals surface area contributed by atoms with Gasteiger partial charge in [-0.1, -0.05) is 31.5 Å². The fourth-order valence-corrected chi connectivity index (χ4v) is 5.67. The van der Waals surface area contributed by atoms with Gasteiger partial charge in [0.25, 0.3) is 0 Å². The number of fused-ring (bicyclic) bond motifs is 1. The van der Waals surface area contributed by atoms with Crippen molar-refractivity contribution in [1.29, 1.82) is 0 Å². The molecule has 5 nitrogen and oxygen atoms in total. The minimum atomic E-state index is -0.619. The number of hydrogen-bond donors (Lipinski definition) is 1. The van der Waals surface area contributed by atoms with Crippen molar-refractivity contribution in [3.63, 3.8) is 0 Å². The molecule has 2 aromatic rings. The summed E-state index contributed by atoms with van der Waals surface area (Å²) in [6.45, 7) is 5.41. The smallest absolute Gasteiger partial charge is 0.310 e. The van der Waals surface area contributed by atoms with Gasteiger partial charge in [0.15, 0.2) is 0 Å². The topological polar surface area (TPSA) is 59.0 Å². The van der Waals surface area contributed by atoms with Gasteiger partial charge >= 0.3 is 5.97 Å². The number of carboxylic acids is 1. The summed E-state index contributed by atoms with van der Waals surface area (Å²) in [5.74, 6) is 1.17. The van der Waals surface area contributed by atoms with E-state index in [0.717, 1.165) is 68.7 Å². The fraction of sp³-hybridized carbons (Fsp3) is 0.519. The van der Waals surface area contributed by atoms with Crippen LogP contribution in [-0.2, 0) is 30.7 Å². The van der Waals surface area contributed by atoms with Crippen molar-refractivity contribution in [2.75, 3.05) is 26.7 Å². The van der Waals surface area contributed by atoms with Crippen molar-refractivity contribution < 1.29 is 19.4 Å². The molecule has 1 N–H and O–H groups in total. The molecule has 0 atom stereocenters. The summed E-state index contributed by atoms with van der Waals surface area (Å²) in [5, 5.41) is 9.46. The van der Waals surface area contributed by atoms with Crippen molar-refractivity contribution >= 4 is 5.97 Å². The SMILES string of the molecule is CCCc1ccc(COc2ccc3c(c2)CC2(C3)CN(CC3(C(=O)O)CC3)C2)c(OC)c1. The molecule has 0 bridgehead atoms. The molecule has 1 saturated carbocycles. The number of aliphatic carboxylic acids is 1. The molecule has 1 aliphatic heterocycles. The summed E-state index contributed by atoms with van der Waals surface area (Å²) in [5.41, 5.74) is 4.98. The van der Waals surface area contributed by atoms with E-state index in [1.54, 1.807) is 7.11 Å². The molecule has 170 valence electrons. The zero-order chi connectivity index (χ0) is 22.3. The Morgan fingerprint density at radius 1 is 1.09 bits per heavy atom. The normalized spacial score (nSPS) is 19.9. The predicted molar refractivity (Wildman–Crippen MR) is 123 cm³/mol. The number of ether oxygens (including phenoxy) is 2. The van der Waals surface area contributed by atoms with Crippen molar-refractivity contribution in [2.45, 2.75) is 52.1 Å². The van der Waals surface area contributed by atoms with E-state index in [9.17, 15) is 9.90 Å². The fourth-order valence-electron chi connectivity index (χ4n) is 5.67. The van der Waals surface area contributed by atoms with Gasteiger partial charge in [-0.15, -0.1) is 0 Å². The van der Waals surface area contributed by atoms with E-state index in [1.807, 2.05) is 0 Å². The molecule has 0 amide bonds. The molecule has 2 fully saturated rings. The molecule has 0 aromatic heterocycles. The van der Waals surface area contributed by atoms with E-state index in [-0.39, 0.29) is 5.41 Å². The Kier molecular flexibility index (Phi) is 5.40. The van der Waals surface area contributed by atoms with Gasteiger partial charge in [0.2, 0.25) is 0 Å². The lowest BCUT2D eigenvalue weighted by molar-refractivity contribution is -0.145. The van der Waals surface area contributed by atoms with Crippen LogP contribution in [-0.4, -0.2) is 42.7 Å². The summed E-state index contributed by atoms with van der Waals surface area (Å²) in [4.78, 5) is 13.8. The third kappa shape index (κ3) is 3.99. The van der Waals surface area contributed by atoms with E-state index in [0.29, 0.717) is 13.2 Å². The molecule has 1 saturated heterocycles. The lowest BCUT2D eigenvalue weighted by atomic mass is 9.76. The third-order valence-corrected chi connectivity index (χ3v) is 7.54. The number of rotatable bonds is 9. The average Bonchev–Trinajstić information content (AvgIpc) is 3.44. The third-order valence-electron chi connectivity index (χ3n) is 7.54. The maximum absolute atomic E-state index is 11.5. The average molecular weight is 436 g/mol. The van der Waals surface area contributed by atoms with Crippen LogP contribution in [0.2, 0.25) is 0 Å². The van der Waals surface area contributed by atoms with Gasteiger partial charge in [0.1, 0.15) is 18.1 Å². The Bertz CT molecular complexity index is 1020. The van der Waals surface area contributed by atoms with Gasteiger partial charge in [-0.25, -0.2) is 0 Å². The van der Waals surface area contributed by atoms with Crippen molar-refractivity contribution in [2.24, 2.45) is 10.8 Å². The minimum Gasteiger partial charge on any atom is -0.496 e. The monoisotopic (exact) mass is 435 g/mol. The number of aryl methyl sites for hydroxylation is 1. The van der Waals surface area contributed by atoms with Crippen LogP contribution in [0.25, 0.3) is 0 Å². The van der Waals surface area contributed by atoms with Crippen LogP contribution in [0.1, 0.15) is 48.4 Å². The zero-order valence-corrected chi connectivity index (χ0v) is 19.2. The van der Waals surface area contributed by atoms with Crippen molar-refractivity contribution in [1.82, 2.24) is 4.90 Å². The van der Waals surface area contributed by atoms with E-state index in [2.05, 4.69) is 48.2 Å². The first kappa shape index (κ1) is 21.3. The van der Waals surface area contributed by atoms with Crippen LogP contribution >= 0.6 is 0 Å². The van der Waals surface area contributed by atoms with Crippen LogP contribution in [0.15, 0.2) is 36.4 Å². The Labute approximate surface area is 190 Å². The molecule has 1 heterocycles. The number of hydrogen-bond acceptors (Lipinski definition) is 4. The first-order valence-electron chi connectivity index (χ1n) is 11.8. The molecule has 2 aliphatic carbocycles. The van der Waals surface area contributed by atoms with Gasteiger partial charge in [0.05, 0.1) is 12.5 Å². The first-order valence-corrected chi connectivity index (χ1v) is 11.8. The standard InChI is InChI=1S/C27H33NO4/c1-3-4-19-5-6-21(24(11-19)31-2)15-32-23-8-7-20-13-26(14-22(20)12-23)16-28(17-26)18-27(9-10-27)25(29)30/h5-8,11-12H,3-4,9-10,13-18H2,1-2H3,(H,29,30). The minimum absolute atomic E-state index is 0.286. The summed E-state index contributed by atoms with van der Waals surface area (Å²) in [7, 11) is 1.72. The Hall–Kier alpha value is -2.53. The molecule has 0 unspecified atom stereocenters. The molecule has 32 heavy (non-hydrogen) atoms. The van der Waals surface area contributed by atoms with Crippen LogP contribution in [0.3, 0.4) is 0 Å². The number of likely N-dealkylation sites (tertiary alicyclic amines) is 1. The molecule has 5 rings (SSSR count). The molecule has 3 aliphatic rings. The number of benzene rings is 2. The number of nitrogens with zero attached hydrogens (tertiary/aromatic N) is 1. The summed E-state index contributed by atoms with van der Waals surface area (Å²) in [6, 6.07) is 12.9. The van der Waals surface area contributed by atoms with Crippen molar-refractivity contribution in [3.8, 4) is 11.5 Å². The summed E-state index contributed by atoms with van der Waals surface area (Å²) >= 11 is 0. The second-order valence-electron chi connectivity index (χ2n) is 10.2. The van der Waals surface area contributed by atoms with E-state index >= 15 is 0 Å². The lowest BCUT2D eigenvalue weighted by Crippen LogP contribution is -2.58. The second kappa shape index (κ2) is 8.11. The molecule has 5 heteroatoms. The van der Waals surface area contributed by atoms with Crippen LogP contribution in [0, 0.1) is 10.8 Å². The van der Waals surface area contributed by atoms with Crippen LogP contribution in [0.4, 0.5) is 0 Å². The Balaban J connectivity index is 1.19. The van der Waals surface area contributed by atoms with E-state index < -0.39 is 11.4 Å². The lowest BCUT2D eigenvalue weighted by Gasteiger charge is -2.49. The van der Waals surface area contributed by atoms with Crippen LogP contribution < -0.4 is 9.47 Å². The summed E-state index contributed by atoms with van der Waals surface area (Å²) < 4.78 is 11.7. The second-order valence-corrected chi connectivity index (χ2v) is 10.2. The maximum atomic E-state index is 11.5. The van der Waals surface area contributed by atoms with Gasteiger partial charge in [0, 0.05) is 30.6 Å². The zero-order valence-electron chi connectivity index (χ0n) is 19.2. The largest absolute Gasteiger partial charge is 0.496 e. The Morgan fingerprint density at radius 3 is 2.56 bits per heavy atom. The van der Waals surface area contributed by atoms with E-state index in [1.165, 1.54) is 16.7 Å². The molecule has 1 spiro atoms. The van der Waals surface area contributed by atoms with Crippen LogP contribution in [0.5, 0.6) is 11.5 Å². The highest BCUT2D eigenvalue weighted by Crippen LogP contribution is 2.51. The summed E-state index contributed by atoms with van der Waals surface area (Å²) in [6.07, 6.45) is 5.99. The highest BCUT2D eigenvalue weighted by Gasteiger charge is 2.55. The van der Waals surface area contributed by atoms with Gasteiger partial charge in [-0.05, 0) is 67.0 Å². The molecular weight excluding hydrogens is 402 g/mol. The maximum Gasteiger partial charge on any atom is 0.310 e. The van der Waals surface area contributed by atoms with Gasteiger partial charge < -0.3 is 19.5 Å². The predicted octanol–water partition coefficient (Wildman–Crippen LogP) is 4.49. The number of methoxy groups -OCH3 is 1. The quantitative estimate of drug-likeness (QED) is 0.629. The first-order chi connectivity index (χ1) is 15.4. The van der Waals surface area contributed by atoms with Gasteiger partial charge in [-0.3, -0.25) is 4.79 Å². The Morgan fingerprint density at radius 2 is 1.88 bits per heavy atom. The van der Waals surface area contributed by atoms with E-state index in [4.69, 9.17) is 9.47 Å². The molecule has 2 aromatic carbocycles. The van der Waals surface area contributed by atoms with Crippen molar-refractivity contribution in [3.05, 3.63) is 58.7 Å². The molecular formula is C27H33NO4.